The van der Waals surface area contributed by atoms with Gasteiger partial charge in [0.05, 0.1) is 12.4 Å². The molecule has 112 valence electrons. The van der Waals surface area contributed by atoms with Crippen molar-refractivity contribution in [2.45, 2.75) is 13.0 Å². The fourth-order valence-electron chi connectivity index (χ4n) is 2.33. The molecule has 0 aliphatic heterocycles. The van der Waals surface area contributed by atoms with Crippen LogP contribution in [0.5, 0.6) is 0 Å². The number of para-hydroxylation sites is 1. The fourth-order valence-corrected chi connectivity index (χ4v) is 2.33. The van der Waals surface area contributed by atoms with Gasteiger partial charge in [-0.15, -0.1) is 0 Å². The van der Waals surface area contributed by atoms with Crippen molar-refractivity contribution in [2.75, 3.05) is 11.9 Å². The molecule has 1 aromatic carbocycles. The molecule has 3 aromatic rings. The number of benzene rings is 1. The molecule has 6 heteroatoms. The van der Waals surface area contributed by atoms with Crippen LogP contribution in [0.3, 0.4) is 0 Å². The van der Waals surface area contributed by atoms with Crippen LogP contribution in [0.1, 0.15) is 16.9 Å². The second-order valence-electron chi connectivity index (χ2n) is 4.94. The van der Waals surface area contributed by atoms with Gasteiger partial charge in [-0.05, 0) is 23.9 Å². The molecule has 0 radical (unpaired) electrons. The molecule has 2 aromatic heterocycles. The van der Waals surface area contributed by atoms with Crippen LogP contribution in [0, 0.1) is 0 Å². The predicted molar refractivity (Wildman–Crippen MR) is 84.0 cm³/mol. The molecule has 0 unspecified atom stereocenters. The largest absolute Gasteiger partial charge is 0.476 e. The Kier molecular flexibility index (Phi) is 4.00. The van der Waals surface area contributed by atoms with Crippen LogP contribution in [-0.2, 0) is 6.54 Å². The van der Waals surface area contributed by atoms with Gasteiger partial charge in [-0.3, -0.25) is 0 Å². The van der Waals surface area contributed by atoms with Crippen molar-refractivity contribution in [3.8, 4) is 0 Å². The highest BCUT2D eigenvalue weighted by atomic mass is 16.4. The second kappa shape index (κ2) is 6.26. The molecule has 3 rings (SSSR count). The molecule has 2 heterocycles. The number of aromatic nitrogens is 3. The molecule has 0 saturated heterocycles. The van der Waals surface area contributed by atoms with Crippen LogP contribution >= 0.6 is 0 Å². The third kappa shape index (κ3) is 3.06. The first-order chi connectivity index (χ1) is 10.7. The summed E-state index contributed by atoms with van der Waals surface area (Å²) in [7, 11) is 0. The highest BCUT2D eigenvalue weighted by Gasteiger charge is 2.04. The third-order valence-electron chi connectivity index (χ3n) is 3.43. The molecule has 2 N–H and O–H groups in total. The van der Waals surface area contributed by atoms with Crippen molar-refractivity contribution in [1.29, 1.82) is 0 Å². The molecule has 0 atom stereocenters. The average molecular weight is 296 g/mol. The Balaban J connectivity index is 1.52. The predicted octanol–water partition coefficient (Wildman–Crippen LogP) is 2.63. The van der Waals surface area contributed by atoms with E-state index in [0.29, 0.717) is 5.82 Å². The van der Waals surface area contributed by atoms with Crippen molar-refractivity contribution in [3.63, 3.8) is 0 Å². The summed E-state index contributed by atoms with van der Waals surface area (Å²) in [6.07, 6.45) is 5.71. The van der Waals surface area contributed by atoms with Gasteiger partial charge in [0.25, 0.3) is 0 Å². The molecule has 6 nitrogen and oxygen atoms in total. The number of hydrogen-bond acceptors (Lipinski definition) is 4. The zero-order valence-corrected chi connectivity index (χ0v) is 11.9. The minimum Gasteiger partial charge on any atom is -0.476 e. The first-order valence-corrected chi connectivity index (χ1v) is 7.07. The summed E-state index contributed by atoms with van der Waals surface area (Å²) < 4.78 is 2.22. The van der Waals surface area contributed by atoms with Crippen molar-refractivity contribution in [3.05, 3.63) is 54.6 Å². The molecule has 0 aliphatic carbocycles. The first kappa shape index (κ1) is 14.1. The normalized spacial score (nSPS) is 10.7. The number of anilines is 1. The van der Waals surface area contributed by atoms with Crippen molar-refractivity contribution >= 4 is 22.7 Å². The quantitative estimate of drug-likeness (QED) is 0.683. The summed E-state index contributed by atoms with van der Waals surface area (Å²) >= 11 is 0. The van der Waals surface area contributed by atoms with Crippen LogP contribution in [0.25, 0.3) is 10.9 Å². The lowest BCUT2D eigenvalue weighted by Gasteiger charge is -2.07. The summed E-state index contributed by atoms with van der Waals surface area (Å²) in [6, 6.07) is 10.4. The van der Waals surface area contributed by atoms with Crippen LogP contribution in [0.4, 0.5) is 5.82 Å². The van der Waals surface area contributed by atoms with Crippen molar-refractivity contribution in [2.24, 2.45) is 0 Å². The molecular weight excluding hydrogens is 280 g/mol. The van der Waals surface area contributed by atoms with E-state index in [-0.39, 0.29) is 5.69 Å². The number of aromatic carboxylic acids is 1. The highest BCUT2D eigenvalue weighted by molar-refractivity contribution is 5.84. The van der Waals surface area contributed by atoms with Crippen LogP contribution < -0.4 is 5.32 Å². The number of nitrogens with zero attached hydrogens (tertiary/aromatic N) is 3. The van der Waals surface area contributed by atoms with Gasteiger partial charge in [-0.1, -0.05) is 18.2 Å². The summed E-state index contributed by atoms with van der Waals surface area (Å²) in [6.45, 7) is 1.65. The van der Waals surface area contributed by atoms with Crippen LogP contribution in [0.2, 0.25) is 0 Å². The number of carbonyl (C=O) groups is 1. The maximum Gasteiger partial charge on any atom is 0.356 e. The van der Waals surface area contributed by atoms with Gasteiger partial charge in [-0.25, -0.2) is 14.8 Å². The van der Waals surface area contributed by atoms with E-state index in [9.17, 15) is 4.79 Å². The van der Waals surface area contributed by atoms with E-state index in [4.69, 9.17) is 5.11 Å². The Bertz CT molecular complexity index is 780. The van der Waals surface area contributed by atoms with Gasteiger partial charge in [-0.2, -0.15) is 0 Å². The second-order valence-corrected chi connectivity index (χ2v) is 4.94. The first-order valence-electron chi connectivity index (χ1n) is 7.07. The van der Waals surface area contributed by atoms with Gasteiger partial charge in [0.2, 0.25) is 0 Å². The maximum absolute atomic E-state index is 10.7. The smallest absolute Gasteiger partial charge is 0.356 e. The van der Waals surface area contributed by atoms with E-state index < -0.39 is 5.97 Å². The molecule has 0 fully saturated rings. The van der Waals surface area contributed by atoms with E-state index in [1.165, 1.54) is 23.3 Å². The van der Waals surface area contributed by atoms with Crippen molar-refractivity contribution in [1.82, 2.24) is 14.5 Å². The Morgan fingerprint density at radius 2 is 2.05 bits per heavy atom. The Labute approximate surface area is 127 Å². The number of nitrogens with one attached hydrogen (secondary N) is 1. The van der Waals surface area contributed by atoms with Crippen LogP contribution in [-0.4, -0.2) is 32.2 Å². The molecule has 0 bridgehead atoms. The molecular formula is C16H16N4O2. The molecule has 0 spiro atoms. The summed E-state index contributed by atoms with van der Waals surface area (Å²) in [5.41, 5.74) is 1.18. The lowest BCUT2D eigenvalue weighted by Crippen LogP contribution is -2.08. The third-order valence-corrected chi connectivity index (χ3v) is 3.43. The topological polar surface area (TPSA) is 80.0 Å². The Morgan fingerprint density at radius 1 is 1.18 bits per heavy atom. The minimum atomic E-state index is -1.07. The zero-order valence-electron chi connectivity index (χ0n) is 11.9. The minimum absolute atomic E-state index is 0.0515. The molecule has 0 aliphatic rings. The monoisotopic (exact) mass is 296 g/mol. The summed E-state index contributed by atoms with van der Waals surface area (Å²) in [5.74, 6) is -0.485. The Morgan fingerprint density at radius 3 is 2.82 bits per heavy atom. The van der Waals surface area contributed by atoms with Crippen LogP contribution in [0.15, 0.2) is 48.9 Å². The van der Waals surface area contributed by atoms with E-state index in [2.05, 4.69) is 44.2 Å². The van der Waals surface area contributed by atoms with Gasteiger partial charge in [0, 0.05) is 24.8 Å². The molecule has 0 amide bonds. The standard InChI is InChI=1S/C16H16N4O2/c21-16(22)13-10-19-15(11-18-13)17-7-3-8-20-9-6-12-4-1-2-5-14(12)20/h1-2,4-6,9-11H,3,7-8H2,(H,17,19)(H,21,22). The van der Waals surface area contributed by atoms with Gasteiger partial charge >= 0.3 is 5.97 Å². The number of carboxylic acids is 1. The summed E-state index contributed by atoms with van der Waals surface area (Å²) in [4.78, 5) is 18.5. The fraction of sp³-hybridized carbons (Fsp3) is 0.188. The van der Waals surface area contributed by atoms with E-state index in [1.807, 2.05) is 12.1 Å². The highest BCUT2D eigenvalue weighted by Crippen LogP contribution is 2.15. The van der Waals surface area contributed by atoms with Gasteiger partial charge < -0.3 is 15.0 Å². The Hall–Kier alpha value is -2.89. The number of rotatable bonds is 6. The van der Waals surface area contributed by atoms with E-state index in [0.717, 1.165) is 19.5 Å². The molecule has 22 heavy (non-hydrogen) atoms. The van der Waals surface area contributed by atoms with E-state index >= 15 is 0 Å². The zero-order chi connectivity index (χ0) is 15.4. The SMILES string of the molecule is O=C(O)c1cnc(NCCCn2ccc3ccccc32)cn1. The number of carboxylic acid groups (broad SMARTS) is 1. The van der Waals surface area contributed by atoms with Gasteiger partial charge in [0.1, 0.15) is 5.82 Å². The van der Waals surface area contributed by atoms with Crippen molar-refractivity contribution < 1.29 is 9.90 Å². The lowest BCUT2D eigenvalue weighted by molar-refractivity contribution is 0.0690. The number of fused-ring (bicyclic) bond motifs is 1. The number of aryl methyl sites for hydroxylation is 1. The summed E-state index contributed by atoms with van der Waals surface area (Å²) in [5, 5.41) is 13.1. The molecule has 0 saturated carbocycles. The number of hydrogen-bond donors (Lipinski definition) is 2. The maximum atomic E-state index is 10.7. The average Bonchev–Trinajstić information content (AvgIpc) is 2.95. The lowest BCUT2D eigenvalue weighted by atomic mass is 10.2. The van der Waals surface area contributed by atoms with E-state index in [1.54, 1.807) is 0 Å². The van der Waals surface area contributed by atoms with Gasteiger partial charge in [0.15, 0.2) is 5.69 Å².